The van der Waals surface area contributed by atoms with E-state index < -0.39 is 5.92 Å². The minimum atomic E-state index is -0.809. The number of piperazine rings is 1. The van der Waals surface area contributed by atoms with Gasteiger partial charge in [-0.15, -0.1) is 11.3 Å². The maximum atomic E-state index is 12.9. The molecule has 0 spiro atoms. The van der Waals surface area contributed by atoms with Crippen LogP contribution in [0, 0.1) is 11.3 Å². The number of ketones is 1. The van der Waals surface area contributed by atoms with Gasteiger partial charge in [-0.2, -0.15) is 5.26 Å². The number of nitrogens with zero attached hydrogens (tertiary/aromatic N) is 4. The lowest BCUT2D eigenvalue weighted by Crippen LogP contribution is -2.47. The van der Waals surface area contributed by atoms with Crippen LogP contribution < -0.4 is 0 Å². The smallest absolute Gasteiger partial charge is 0.170 e. The molecule has 31 heavy (non-hydrogen) atoms. The summed E-state index contributed by atoms with van der Waals surface area (Å²) < 4.78 is 1.00. The van der Waals surface area contributed by atoms with Crippen LogP contribution in [0.15, 0.2) is 64.5 Å². The molecule has 0 amide bonds. The van der Waals surface area contributed by atoms with Gasteiger partial charge in [0.2, 0.25) is 0 Å². The van der Waals surface area contributed by atoms with Crippen molar-refractivity contribution in [1.29, 1.82) is 5.26 Å². The Bertz CT molecular complexity index is 1050. The number of hydrogen-bond acceptors (Lipinski definition) is 6. The van der Waals surface area contributed by atoms with E-state index in [2.05, 4.69) is 61.0 Å². The Hall–Kier alpha value is -2.37. The molecule has 1 aliphatic rings. The lowest BCUT2D eigenvalue weighted by Gasteiger charge is -2.34. The minimum absolute atomic E-state index is 0.0734. The quantitative estimate of drug-likeness (QED) is 0.481. The Morgan fingerprint density at radius 2 is 1.74 bits per heavy atom. The van der Waals surface area contributed by atoms with E-state index in [0.717, 1.165) is 48.5 Å². The van der Waals surface area contributed by atoms with Gasteiger partial charge in [-0.05, 0) is 17.7 Å². The standard InChI is InChI=1S/C24H23BrN4OS/c25-20-8-6-19(7-9-20)22-17-31-24(27-22)21(14-26)23(30)16-29-12-10-28(11-13-29)15-18-4-2-1-3-5-18/h1-9,17,21H,10-13,15-16H2. The SMILES string of the molecule is N#CC(C(=O)CN1CCN(Cc2ccccc2)CC1)c1nc(-c2ccc(Br)cc2)cs1. The zero-order valence-corrected chi connectivity index (χ0v) is 19.5. The van der Waals surface area contributed by atoms with E-state index in [9.17, 15) is 10.1 Å². The van der Waals surface area contributed by atoms with Crippen molar-refractivity contribution >= 4 is 33.0 Å². The highest BCUT2D eigenvalue weighted by Gasteiger charge is 2.27. The van der Waals surface area contributed by atoms with Crippen LogP contribution in [0.3, 0.4) is 0 Å². The highest BCUT2D eigenvalue weighted by atomic mass is 79.9. The highest BCUT2D eigenvalue weighted by Crippen LogP contribution is 2.28. The Labute approximate surface area is 195 Å². The molecular formula is C24H23BrN4OS. The number of thiazole rings is 1. The molecule has 1 saturated heterocycles. The lowest BCUT2D eigenvalue weighted by atomic mass is 10.1. The number of carbonyl (C=O) groups is 1. The lowest BCUT2D eigenvalue weighted by molar-refractivity contribution is -0.120. The van der Waals surface area contributed by atoms with Crippen LogP contribution in [0.5, 0.6) is 0 Å². The maximum absolute atomic E-state index is 12.9. The number of nitriles is 1. The summed E-state index contributed by atoms with van der Waals surface area (Å²) in [6.07, 6.45) is 0. The fourth-order valence-electron chi connectivity index (χ4n) is 3.70. The van der Waals surface area contributed by atoms with Gasteiger partial charge in [0, 0.05) is 48.1 Å². The van der Waals surface area contributed by atoms with Crippen molar-refractivity contribution in [3.05, 3.63) is 75.0 Å². The summed E-state index contributed by atoms with van der Waals surface area (Å²) in [5.74, 6) is -0.882. The van der Waals surface area contributed by atoms with Crippen molar-refractivity contribution in [2.45, 2.75) is 12.5 Å². The number of halogens is 1. The van der Waals surface area contributed by atoms with E-state index >= 15 is 0 Å². The van der Waals surface area contributed by atoms with Crippen molar-refractivity contribution in [3.63, 3.8) is 0 Å². The molecule has 5 nitrogen and oxygen atoms in total. The summed E-state index contributed by atoms with van der Waals surface area (Å²) in [6, 6.07) is 20.5. The van der Waals surface area contributed by atoms with Gasteiger partial charge >= 0.3 is 0 Å². The first kappa shape index (κ1) is 21.8. The highest BCUT2D eigenvalue weighted by molar-refractivity contribution is 9.10. The van der Waals surface area contributed by atoms with Gasteiger partial charge in [0.15, 0.2) is 11.7 Å². The normalized spacial score (nSPS) is 16.0. The Balaban J connectivity index is 1.33. The van der Waals surface area contributed by atoms with Crippen LogP contribution >= 0.6 is 27.3 Å². The molecular weight excluding hydrogens is 472 g/mol. The molecule has 158 valence electrons. The molecule has 0 aliphatic carbocycles. The van der Waals surface area contributed by atoms with Crippen LogP contribution in [-0.2, 0) is 11.3 Å². The van der Waals surface area contributed by atoms with Gasteiger partial charge in [0.25, 0.3) is 0 Å². The third-order valence-corrected chi connectivity index (χ3v) is 6.89. The van der Waals surface area contributed by atoms with Crippen LogP contribution in [-0.4, -0.2) is 53.3 Å². The van der Waals surface area contributed by atoms with Crippen molar-refractivity contribution < 1.29 is 4.79 Å². The Kier molecular flexibility index (Phi) is 7.25. The molecule has 0 saturated carbocycles. The van der Waals surface area contributed by atoms with Crippen molar-refractivity contribution in [2.24, 2.45) is 0 Å². The van der Waals surface area contributed by atoms with E-state index in [1.807, 2.05) is 35.7 Å². The van der Waals surface area contributed by atoms with E-state index in [1.165, 1.54) is 16.9 Å². The van der Waals surface area contributed by atoms with Crippen LogP contribution in [0.2, 0.25) is 0 Å². The first-order valence-corrected chi connectivity index (χ1v) is 11.9. The molecule has 0 N–H and O–H groups in total. The average Bonchev–Trinajstić information content (AvgIpc) is 3.26. The van der Waals surface area contributed by atoms with Gasteiger partial charge in [0.05, 0.1) is 18.3 Å². The summed E-state index contributed by atoms with van der Waals surface area (Å²) in [4.78, 5) is 22.0. The number of carbonyl (C=O) groups excluding carboxylic acids is 1. The molecule has 1 atom stereocenters. The molecule has 0 radical (unpaired) electrons. The molecule has 1 aliphatic heterocycles. The Morgan fingerprint density at radius 1 is 1.06 bits per heavy atom. The summed E-state index contributed by atoms with van der Waals surface area (Å²) in [6.45, 7) is 4.73. The summed E-state index contributed by atoms with van der Waals surface area (Å²) in [7, 11) is 0. The molecule has 1 aromatic heterocycles. The van der Waals surface area contributed by atoms with Crippen molar-refractivity contribution in [2.75, 3.05) is 32.7 Å². The average molecular weight is 495 g/mol. The van der Waals surface area contributed by atoms with E-state index in [4.69, 9.17) is 0 Å². The van der Waals surface area contributed by atoms with Crippen molar-refractivity contribution in [1.82, 2.24) is 14.8 Å². The molecule has 2 aromatic carbocycles. The zero-order valence-electron chi connectivity index (χ0n) is 17.1. The summed E-state index contributed by atoms with van der Waals surface area (Å²) in [5.41, 5.74) is 3.08. The van der Waals surface area contributed by atoms with Gasteiger partial charge in [-0.25, -0.2) is 4.98 Å². The molecule has 2 heterocycles. The van der Waals surface area contributed by atoms with E-state index in [-0.39, 0.29) is 5.78 Å². The monoisotopic (exact) mass is 494 g/mol. The van der Waals surface area contributed by atoms with E-state index in [0.29, 0.717) is 11.6 Å². The maximum Gasteiger partial charge on any atom is 0.170 e. The largest absolute Gasteiger partial charge is 0.297 e. The minimum Gasteiger partial charge on any atom is -0.297 e. The number of aromatic nitrogens is 1. The first-order chi connectivity index (χ1) is 15.1. The van der Waals surface area contributed by atoms with Gasteiger partial charge < -0.3 is 0 Å². The van der Waals surface area contributed by atoms with Crippen LogP contribution in [0.25, 0.3) is 11.3 Å². The predicted molar refractivity (Wildman–Crippen MR) is 127 cm³/mol. The second-order valence-electron chi connectivity index (χ2n) is 7.64. The summed E-state index contributed by atoms with van der Waals surface area (Å²) >= 11 is 4.81. The second kappa shape index (κ2) is 10.3. The number of hydrogen-bond donors (Lipinski definition) is 0. The fraction of sp³-hybridized carbons (Fsp3) is 0.292. The number of benzene rings is 2. The zero-order chi connectivity index (χ0) is 21.6. The second-order valence-corrected chi connectivity index (χ2v) is 9.45. The molecule has 0 bridgehead atoms. The van der Waals surface area contributed by atoms with Crippen LogP contribution in [0.4, 0.5) is 0 Å². The molecule has 3 aromatic rings. The van der Waals surface area contributed by atoms with Crippen LogP contribution in [0.1, 0.15) is 16.5 Å². The number of Topliss-reactive ketones (excluding diaryl/α,β-unsaturated/α-hetero) is 1. The topological polar surface area (TPSA) is 60.2 Å². The predicted octanol–water partition coefficient (Wildman–Crippen LogP) is 4.57. The van der Waals surface area contributed by atoms with Gasteiger partial charge in [0.1, 0.15) is 5.01 Å². The molecule has 1 fully saturated rings. The Morgan fingerprint density at radius 3 is 2.42 bits per heavy atom. The molecule has 4 rings (SSSR count). The fourth-order valence-corrected chi connectivity index (χ4v) is 4.85. The number of rotatable bonds is 7. The third kappa shape index (κ3) is 5.66. The van der Waals surface area contributed by atoms with Gasteiger partial charge in [-0.1, -0.05) is 58.4 Å². The van der Waals surface area contributed by atoms with E-state index in [1.54, 1.807) is 0 Å². The first-order valence-electron chi connectivity index (χ1n) is 10.2. The summed E-state index contributed by atoms with van der Waals surface area (Å²) in [5, 5.41) is 12.2. The van der Waals surface area contributed by atoms with Gasteiger partial charge in [-0.3, -0.25) is 14.6 Å². The van der Waals surface area contributed by atoms with Crippen molar-refractivity contribution in [3.8, 4) is 17.3 Å². The molecule has 1 unspecified atom stereocenters. The third-order valence-electron chi connectivity index (χ3n) is 5.45. The molecule has 7 heteroatoms.